The largest absolute Gasteiger partial charge is 0.455 e. The molecule has 0 spiro atoms. The van der Waals surface area contributed by atoms with Crippen molar-refractivity contribution in [1.29, 1.82) is 0 Å². The van der Waals surface area contributed by atoms with Crippen LogP contribution in [-0.4, -0.2) is 4.57 Å². The van der Waals surface area contributed by atoms with Crippen LogP contribution in [0.3, 0.4) is 0 Å². The molecule has 3 nitrogen and oxygen atoms in total. The van der Waals surface area contributed by atoms with Gasteiger partial charge < -0.3 is 13.9 Å². The van der Waals surface area contributed by atoms with E-state index in [2.05, 4.69) is 289 Å². The summed E-state index contributed by atoms with van der Waals surface area (Å²) in [6.45, 7) is 0. The fourth-order valence-electron chi connectivity index (χ4n) is 11.7. The van der Waals surface area contributed by atoms with Gasteiger partial charge in [0, 0.05) is 49.7 Å². The SMILES string of the molecule is c1cc(-c2ccc(N(c3ccc(-c4cccc(-n5c6ccccc6c6ccccc65)c4)cc3)c3cccc(-c4cccc5oc6c7ccccc7ccc6c45)c3)cc2)cc(-c2ccc3ccc4ccccc4c3c2)c1. The summed E-state index contributed by atoms with van der Waals surface area (Å²) < 4.78 is 9.04. The van der Waals surface area contributed by atoms with E-state index in [-0.39, 0.29) is 0 Å². The van der Waals surface area contributed by atoms with Gasteiger partial charge in [0.25, 0.3) is 0 Å². The van der Waals surface area contributed by atoms with Gasteiger partial charge in [0.15, 0.2) is 0 Å². The number of fused-ring (bicyclic) bond motifs is 11. The fraction of sp³-hybridized carbons (Fsp3) is 0. The first-order valence-corrected chi connectivity index (χ1v) is 25.7. The van der Waals surface area contributed by atoms with E-state index in [0.29, 0.717) is 0 Å². The monoisotopic (exact) mass is 954 g/mol. The van der Waals surface area contributed by atoms with E-state index < -0.39 is 0 Å². The molecule has 0 aliphatic heterocycles. The summed E-state index contributed by atoms with van der Waals surface area (Å²) in [7, 11) is 0. The molecule has 0 radical (unpaired) electrons. The van der Waals surface area contributed by atoms with Crippen molar-refractivity contribution < 1.29 is 4.42 Å². The summed E-state index contributed by atoms with van der Waals surface area (Å²) in [4.78, 5) is 2.38. The van der Waals surface area contributed by atoms with Crippen LogP contribution in [0.1, 0.15) is 0 Å². The molecule has 13 aromatic carbocycles. The van der Waals surface area contributed by atoms with E-state index >= 15 is 0 Å². The number of rotatable bonds is 8. The quantitative estimate of drug-likeness (QED) is 0.142. The van der Waals surface area contributed by atoms with Gasteiger partial charge in [-0.15, -0.1) is 0 Å². The number of anilines is 3. The molecule has 0 N–H and O–H groups in total. The Kier molecular flexibility index (Phi) is 9.89. The summed E-state index contributed by atoms with van der Waals surface area (Å²) >= 11 is 0. The van der Waals surface area contributed by atoms with Gasteiger partial charge in [0.05, 0.1) is 11.0 Å². The molecule has 15 rings (SSSR count). The third-order valence-corrected chi connectivity index (χ3v) is 15.3. The van der Waals surface area contributed by atoms with Crippen molar-refractivity contribution in [2.45, 2.75) is 0 Å². The molecule has 2 aromatic heterocycles. The number of nitrogens with zero attached hydrogens (tertiary/aromatic N) is 2. The van der Waals surface area contributed by atoms with Crippen LogP contribution in [0.25, 0.3) is 126 Å². The van der Waals surface area contributed by atoms with Crippen molar-refractivity contribution in [2.75, 3.05) is 4.90 Å². The van der Waals surface area contributed by atoms with Gasteiger partial charge in [-0.3, -0.25) is 0 Å². The Morgan fingerprint density at radius 1 is 0.280 bits per heavy atom. The predicted octanol–water partition coefficient (Wildman–Crippen LogP) is 20.3. The second-order valence-corrected chi connectivity index (χ2v) is 19.6. The zero-order chi connectivity index (χ0) is 49.4. The van der Waals surface area contributed by atoms with Gasteiger partial charge in [-0.2, -0.15) is 0 Å². The van der Waals surface area contributed by atoms with Crippen LogP contribution in [-0.2, 0) is 0 Å². The van der Waals surface area contributed by atoms with Crippen LogP contribution in [0.2, 0.25) is 0 Å². The number of furan rings is 1. The average molecular weight is 955 g/mol. The number of benzene rings is 13. The van der Waals surface area contributed by atoms with E-state index in [0.717, 1.165) is 77.9 Å². The van der Waals surface area contributed by atoms with Gasteiger partial charge in [-0.1, -0.05) is 194 Å². The second-order valence-electron chi connectivity index (χ2n) is 19.6. The minimum atomic E-state index is 0.882. The number of hydrogen-bond acceptors (Lipinski definition) is 2. The van der Waals surface area contributed by atoms with Gasteiger partial charge in [0.1, 0.15) is 11.2 Å². The molecular formula is C72H46N2O. The van der Waals surface area contributed by atoms with Gasteiger partial charge >= 0.3 is 0 Å². The predicted molar refractivity (Wildman–Crippen MR) is 317 cm³/mol. The Hall–Kier alpha value is -9.96. The molecule has 0 aliphatic carbocycles. The van der Waals surface area contributed by atoms with Gasteiger partial charge in [0.2, 0.25) is 0 Å². The third-order valence-electron chi connectivity index (χ3n) is 15.3. The highest BCUT2D eigenvalue weighted by Gasteiger charge is 2.19. The molecule has 0 fully saturated rings. The zero-order valence-corrected chi connectivity index (χ0v) is 40.9. The molecule has 350 valence electrons. The molecule has 3 heteroatoms. The molecule has 2 heterocycles. The summed E-state index contributed by atoms with van der Waals surface area (Å²) in [6, 6.07) is 101. The first-order valence-electron chi connectivity index (χ1n) is 25.7. The molecule has 0 saturated heterocycles. The molecule has 0 amide bonds. The molecular weight excluding hydrogens is 909 g/mol. The topological polar surface area (TPSA) is 21.3 Å². The summed E-state index contributed by atoms with van der Waals surface area (Å²) in [5, 5.41) is 12.1. The molecule has 0 bridgehead atoms. The fourth-order valence-corrected chi connectivity index (χ4v) is 11.7. The smallest absolute Gasteiger partial charge is 0.143 e. The highest BCUT2D eigenvalue weighted by molar-refractivity contribution is 6.19. The molecule has 0 unspecified atom stereocenters. The minimum absolute atomic E-state index is 0.882. The van der Waals surface area contributed by atoms with E-state index in [4.69, 9.17) is 4.42 Å². The van der Waals surface area contributed by atoms with Crippen molar-refractivity contribution >= 4 is 93.1 Å². The maximum absolute atomic E-state index is 6.66. The van der Waals surface area contributed by atoms with Crippen molar-refractivity contribution in [3.63, 3.8) is 0 Å². The maximum Gasteiger partial charge on any atom is 0.143 e. The van der Waals surface area contributed by atoms with E-state index in [1.807, 2.05) is 0 Å². The van der Waals surface area contributed by atoms with Gasteiger partial charge in [-0.25, -0.2) is 0 Å². The van der Waals surface area contributed by atoms with Crippen LogP contribution in [0.15, 0.2) is 283 Å². The number of para-hydroxylation sites is 2. The lowest BCUT2D eigenvalue weighted by Crippen LogP contribution is -2.10. The highest BCUT2D eigenvalue weighted by Crippen LogP contribution is 2.43. The second kappa shape index (κ2) is 17.4. The van der Waals surface area contributed by atoms with Crippen LogP contribution in [0.4, 0.5) is 17.1 Å². The first kappa shape index (κ1) is 42.7. The van der Waals surface area contributed by atoms with Crippen molar-refractivity contribution in [2.24, 2.45) is 0 Å². The maximum atomic E-state index is 6.66. The molecule has 0 aliphatic rings. The van der Waals surface area contributed by atoms with Crippen LogP contribution in [0, 0.1) is 0 Å². The van der Waals surface area contributed by atoms with Crippen molar-refractivity contribution in [3.05, 3.63) is 279 Å². The first-order chi connectivity index (χ1) is 37.2. The standard InChI is InChI=1S/C72H46N2O/c1-3-21-61-49(13-1)29-30-51-31-32-55(46-67(51)61)53-16-9-15-52(43-53)47-33-38-57(39-34-47)73(59-19-11-18-56(45-59)62-25-12-28-70-71(62)66-42-37-50-14-2-4-22-63(50)72(66)75-70)58-40-35-48(36-41-58)54-17-10-20-60(44-54)74-68-26-7-5-23-64(68)65-24-6-8-27-69(65)74/h1-46H. The lowest BCUT2D eigenvalue weighted by Gasteiger charge is -2.26. The highest BCUT2D eigenvalue weighted by atomic mass is 16.3. The Labute approximate surface area is 434 Å². The lowest BCUT2D eigenvalue weighted by molar-refractivity contribution is 0.673. The zero-order valence-electron chi connectivity index (χ0n) is 40.9. The Morgan fingerprint density at radius 3 is 1.51 bits per heavy atom. The Balaban J connectivity index is 0.823. The van der Waals surface area contributed by atoms with Crippen molar-refractivity contribution in [1.82, 2.24) is 4.57 Å². The Bertz CT molecular complexity index is 4660. The number of hydrogen-bond donors (Lipinski definition) is 0. The van der Waals surface area contributed by atoms with E-state index in [1.54, 1.807) is 0 Å². The molecule has 75 heavy (non-hydrogen) atoms. The molecule has 15 aromatic rings. The van der Waals surface area contributed by atoms with Gasteiger partial charge in [-0.05, 0) is 156 Å². The number of aromatic nitrogens is 1. The lowest BCUT2D eigenvalue weighted by atomic mass is 9.95. The third kappa shape index (κ3) is 7.20. The summed E-state index contributed by atoms with van der Waals surface area (Å²) in [6.07, 6.45) is 0. The van der Waals surface area contributed by atoms with E-state index in [1.165, 1.54) is 65.4 Å². The molecule has 0 atom stereocenters. The minimum Gasteiger partial charge on any atom is -0.455 e. The van der Waals surface area contributed by atoms with Crippen LogP contribution in [0.5, 0.6) is 0 Å². The van der Waals surface area contributed by atoms with E-state index in [9.17, 15) is 0 Å². The molecule has 0 saturated carbocycles. The van der Waals surface area contributed by atoms with Crippen LogP contribution >= 0.6 is 0 Å². The Morgan fingerprint density at radius 2 is 0.787 bits per heavy atom. The average Bonchev–Trinajstić information content (AvgIpc) is 4.05. The summed E-state index contributed by atoms with van der Waals surface area (Å²) in [5.41, 5.74) is 17.8. The van der Waals surface area contributed by atoms with Crippen molar-refractivity contribution in [3.8, 4) is 50.2 Å². The van der Waals surface area contributed by atoms with Crippen LogP contribution < -0.4 is 4.90 Å². The summed E-state index contributed by atoms with van der Waals surface area (Å²) in [5.74, 6) is 0. The normalized spacial score (nSPS) is 11.7.